The topological polar surface area (TPSA) is 75.7 Å². The van der Waals surface area contributed by atoms with Gasteiger partial charge in [-0.2, -0.15) is 5.10 Å². The zero-order chi connectivity index (χ0) is 17.2. The van der Waals surface area contributed by atoms with E-state index in [0.29, 0.717) is 18.3 Å². The molecule has 0 atom stereocenters. The SMILES string of the molecule is COc1ccc(C2CC2)c(CNc2cc(-c3n[nH]c(C)n3)ccn2)c1. The van der Waals surface area contributed by atoms with Gasteiger partial charge in [-0.1, -0.05) is 6.07 Å². The van der Waals surface area contributed by atoms with Crippen LogP contribution in [0.4, 0.5) is 5.82 Å². The van der Waals surface area contributed by atoms with E-state index in [-0.39, 0.29) is 0 Å². The summed E-state index contributed by atoms with van der Waals surface area (Å²) < 4.78 is 5.38. The standard InChI is InChI=1S/C19H21N5O/c1-12-22-19(24-23-12)14-7-8-20-18(10-14)21-11-15-9-16(25-2)5-6-17(15)13-3-4-13/h5-10,13H,3-4,11H2,1-2H3,(H,20,21)(H,22,23,24). The highest BCUT2D eigenvalue weighted by Crippen LogP contribution is 2.42. The summed E-state index contributed by atoms with van der Waals surface area (Å²) >= 11 is 0. The molecule has 1 aromatic carbocycles. The lowest BCUT2D eigenvalue weighted by Crippen LogP contribution is -2.04. The molecule has 2 aromatic heterocycles. The maximum Gasteiger partial charge on any atom is 0.181 e. The van der Waals surface area contributed by atoms with E-state index < -0.39 is 0 Å². The third-order valence-electron chi connectivity index (χ3n) is 4.44. The highest BCUT2D eigenvalue weighted by atomic mass is 16.5. The molecule has 2 N–H and O–H groups in total. The lowest BCUT2D eigenvalue weighted by atomic mass is 10.0. The number of nitrogens with one attached hydrogen (secondary N) is 2. The largest absolute Gasteiger partial charge is 0.497 e. The van der Waals surface area contributed by atoms with Gasteiger partial charge in [0.25, 0.3) is 0 Å². The number of rotatable bonds is 6. The van der Waals surface area contributed by atoms with E-state index >= 15 is 0 Å². The van der Waals surface area contributed by atoms with Crippen LogP contribution in [0.15, 0.2) is 36.5 Å². The number of hydrogen-bond donors (Lipinski definition) is 2. The van der Waals surface area contributed by atoms with Gasteiger partial charge in [-0.3, -0.25) is 5.10 Å². The lowest BCUT2D eigenvalue weighted by molar-refractivity contribution is 0.414. The van der Waals surface area contributed by atoms with Crippen LogP contribution >= 0.6 is 0 Å². The lowest BCUT2D eigenvalue weighted by Gasteiger charge is -2.12. The number of benzene rings is 1. The van der Waals surface area contributed by atoms with Crippen molar-refractivity contribution in [1.29, 1.82) is 0 Å². The normalized spacial score (nSPS) is 13.7. The quantitative estimate of drug-likeness (QED) is 0.719. The number of aromatic nitrogens is 4. The first-order chi connectivity index (χ1) is 12.2. The van der Waals surface area contributed by atoms with Gasteiger partial charge in [0.1, 0.15) is 17.4 Å². The second kappa shape index (κ2) is 6.55. The Labute approximate surface area is 146 Å². The van der Waals surface area contributed by atoms with Crippen molar-refractivity contribution in [1.82, 2.24) is 20.2 Å². The molecule has 0 amide bonds. The van der Waals surface area contributed by atoms with Crippen LogP contribution < -0.4 is 10.1 Å². The average molecular weight is 335 g/mol. The minimum Gasteiger partial charge on any atom is -0.497 e. The molecule has 0 spiro atoms. The molecule has 1 aliphatic carbocycles. The number of nitrogens with zero attached hydrogens (tertiary/aromatic N) is 3. The van der Waals surface area contributed by atoms with Crippen LogP contribution in [0.5, 0.6) is 5.75 Å². The van der Waals surface area contributed by atoms with E-state index in [4.69, 9.17) is 4.74 Å². The first-order valence-electron chi connectivity index (χ1n) is 8.49. The van der Waals surface area contributed by atoms with Gasteiger partial charge < -0.3 is 10.1 Å². The molecule has 6 nitrogen and oxygen atoms in total. The van der Waals surface area contributed by atoms with Crippen LogP contribution in [-0.4, -0.2) is 27.3 Å². The minimum absolute atomic E-state index is 0.683. The van der Waals surface area contributed by atoms with Gasteiger partial charge in [0.2, 0.25) is 0 Å². The molecule has 3 aromatic rings. The Kier molecular flexibility index (Phi) is 4.09. The second-order valence-electron chi connectivity index (χ2n) is 6.37. The number of pyridine rings is 1. The summed E-state index contributed by atoms with van der Waals surface area (Å²) in [6.07, 6.45) is 4.32. The highest BCUT2D eigenvalue weighted by Gasteiger charge is 2.26. The number of aromatic amines is 1. The van der Waals surface area contributed by atoms with Crippen LogP contribution in [-0.2, 0) is 6.54 Å². The van der Waals surface area contributed by atoms with Crippen LogP contribution in [0.2, 0.25) is 0 Å². The van der Waals surface area contributed by atoms with E-state index in [2.05, 4.69) is 37.6 Å². The Morgan fingerprint density at radius 2 is 2.12 bits per heavy atom. The number of H-pyrrole nitrogens is 1. The molecule has 1 fully saturated rings. The minimum atomic E-state index is 0.683. The van der Waals surface area contributed by atoms with Crippen molar-refractivity contribution in [3.63, 3.8) is 0 Å². The molecule has 0 unspecified atom stereocenters. The Balaban J connectivity index is 1.53. The first kappa shape index (κ1) is 15.6. The Hall–Kier alpha value is -2.89. The highest BCUT2D eigenvalue weighted by molar-refractivity contribution is 5.59. The number of ether oxygens (including phenoxy) is 1. The van der Waals surface area contributed by atoms with Crippen LogP contribution in [0, 0.1) is 6.92 Å². The summed E-state index contributed by atoms with van der Waals surface area (Å²) in [7, 11) is 1.70. The Morgan fingerprint density at radius 3 is 2.84 bits per heavy atom. The summed E-state index contributed by atoms with van der Waals surface area (Å²) in [6, 6.07) is 10.2. The zero-order valence-corrected chi connectivity index (χ0v) is 14.4. The monoisotopic (exact) mass is 335 g/mol. The number of anilines is 1. The second-order valence-corrected chi connectivity index (χ2v) is 6.37. The van der Waals surface area contributed by atoms with Gasteiger partial charge in [-0.25, -0.2) is 9.97 Å². The van der Waals surface area contributed by atoms with Crippen molar-refractivity contribution in [2.75, 3.05) is 12.4 Å². The molecule has 4 rings (SSSR count). The van der Waals surface area contributed by atoms with Gasteiger partial charge in [-0.15, -0.1) is 0 Å². The van der Waals surface area contributed by atoms with Gasteiger partial charge in [-0.05, 0) is 61.1 Å². The molecule has 25 heavy (non-hydrogen) atoms. The first-order valence-corrected chi connectivity index (χ1v) is 8.49. The molecule has 0 bridgehead atoms. The molecule has 0 radical (unpaired) electrons. The number of hydrogen-bond acceptors (Lipinski definition) is 5. The molecule has 128 valence electrons. The van der Waals surface area contributed by atoms with Gasteiger partial charge in [0, 0.05) is 18.3 Å². The average Bonchev–Trinajstić information content (AvgIpc) is 3.40. The molecular formula is C19H21N5O. The van der Waals surface area contributed by atoms with Crippen molar-refractivity contribution in [3.05, 3.63) is 53.5 Å². The van der Waals surface area contributed by atoms with E-state index in [1.54, 1.807) is 13.3 Å². The number of aryl methyl sites for hydroxylation is 1. The molecule has 0 saturated heterocycles. The van der Waals surface area contributed by atoms with Crippen LogP contribution in [0.25, 0.3) is 11.4 Å². The van der Waals surface area contributed by atoms with Crippen molar-refractivity contribution in [3.8, 4) is 17.1 Å². The predicted octanol–water partition coefficient (Wildman–Crippen LogP) is 3.67. The molecule has 1 saturated carbocycles. The molecule has 1 aliphatic rings. The molecular weight excluding hydrogens is 314 g/mol. The summed E-state index contributed by atoms with van der Waals surface area (Å²) in [5.41, 5.74) is 3.62. The summed E-state index contributed by atoms with van der Waals surface area (Å²) in [4.78, 5) is 8.78. The summed E-state index contributed by atoms with van der Waals surface area (Å²) in [6.45, 7) is 2.60. The molecule has 2 heterocycles. The molecule has 0 aliphatic heterocycles. The van der Waals surface area contributed by atoms with Crippen LogP contribution in [0.1, 0.15) is 35.7 Å². The Bertz CT molecular complexity index is 885. The maximum atomic E-state index is 5.38. The third kappa shape index (κ3) is 3.47. The van der Waals surface area contributed by atoms with Crippen molar-refractivity contribution < 1.29 is 4.74 Å². The van der Waals surface area contributed by atoms with Gasteiger partial charge in [0.05, 0.1) is 7.11 Å². The molecule has 6 heteroatoms. The van der Waals surface area contributed by atoms with E-state index in [0.717, 1.165) is 23.0 Å². The summed E-state index contributed by atoms with van der Waals surface area (Å²) in [5.74, 6) is 3.87. The predicted molar refractivity (Wildman–Crippen MR) is 96.6 cm³/mol. The van der Waals surface area contributed by atoms with Gasteiger partial charge >= 0.3 is 0 Å². The maximum absolute atomic E-state index is 5.38. The van der Waals surface area contributed by atoms with Crippen molar-refractivity contribution in [2.45, 2.75) is 32.2 Å². The number of methoxy groups -OCH3 is 1. The Morgan fingerprint density at radius 1 is 1.24 bits per heavy atom. The zero-order valence-electron chi connectivity index (χ0n) is 14.4. The van der Waals surface area contributed by atoms with Crippen molar-refractivity contribution >= 4 is 5.82 Å². The van der Waals surface area contributed by atoms with E-state index in [9.17, 15) is 0 Å². The summed E-state index contributed by atoms with van der Waals surface area (Å²) in [5, 5.41) is 10.5. The fourth-order valence-electron chi connectivity index (χ4n) is 2.98. The van der Waals surface area contributed by atoms with Crippen LogP contribution in [0.3, 0.4) is 0 Å². The smallest absolute Gasteiger partial charge is 0.181 e. The fraction of sp³-hybridized carbons (Fsp3) is 0.316. The fourth-order valence-corrected chi connectivity index (χ4v) is 2.98. The van der Waals surface area contributed by atoms with E-state index in [1.807, 2.05) is 25.1 Å². The van der Waals surface area contributed by atoms with Gasteiger partial charge in [0.15, 0.2) is 5.82 Å². The van der Waals surface area contributed by atoms with Crippen molar-refractivity contribution in [2.24, 2.45) is 0 Å². The van der Waals surface area contributed by atoms with E-state index in [1.165, 1.54) is 24.0 Å². The third-order valence-corrected chi connectivity index (χ3v) is 4.44.